The van der Waals surface area contributed by atoms with E-state index < -0.39 is 0 Å². The molecular formula is C25H43N3S2. The molecule has 8 unspecified atom stereocenters. The Morgan fingerprint density at radius 1 is 1.00 bits per heavy atom. The highest BCUT2D eigenvalue weighted by molar-refractivity contribution is 7.82. The maximum Gasteiger partial charge on any atom is 0.0414 e. The minimum atomic E-state index is 0.0703. The Kier molecular flexibility index (Phi) is 4.49. The van der Waals surface area contributed by atoms with Gasteiger partial charge in [0.1, 0.15) is 0 Å². The van der Waals surface area contributed by atoms with Gasteiger partial charge >= 0.3 is 0 Å². The average molecular weight is 450 g/mol. The van der Waals surface area contributed by atoms with Gasteiger partial charge in [-0.15, -0.1) is 0 Å². The summed E-state index contributed by atoms with van der Waals surface area (Å²) in [5.74, 6) is 4.41. The molecule has 6 rings (SSSR count). The van der Waals surface area contributed by atoms with Gasteiger partial charge in [0.25, 0.3) is 0 Å². The van der Waals surface area contributed by atoms with Gasteiger partial charge in [0.15, 0.2) is 0 Å². The van der Waals surface area contributed by atoms with Crippen LogP contribution in [-0.4, -0.2) is 81.6 Å². The van der Waals surface area contributed by atoms with Crippen LogP contribution in [0.1, 0.15) is 59.3 Å². The molecule has 3 aliphatic carbocycles. The van der Waals surface area contributed by atoms with Crippen LogP contribution in [0.3, 0.4) is 0 Å². The lowest BCUT2D eigenvalue weighted by Gasteiger charge is -2.47. The number of piperidine rings is 3. The van der Waals surface area contributed by atoms with Crippen LogP contribution in [0.4, 0.5) is 0 Å². The van der Waals surface area contributed by atoms with Gasteiger partial charge in [-0.1, -0.05) is 13.8 Å². The number of nitrogens with zero attached hydrogens (tertiary/aromatic N) is 3. The van der Waals surface area contributed by atoms with Crippen LogP contribution in [0.5, 0.6) is 0 Å². The average Bonchev–Trinajstić information content (AvgIpc) is 3.60. The van der Waals surface area contributed by atoms with Crippen LogP contribution in [0, 0.1) is 29.6 Å². The Labute approximate surface area is 195 Å². The van der Waals surface area contributed by atoms with Crippen molar-refractivity contribution in [3.8, 4) is 0 Å². The van der Waals surface area contributed by atoms with Crippen molar-refractivity contribution in [1.29, 1.82) is 0 Å². The number of rotatable bonds is 6. The van der Waals surface area contributed by atoms with E-state index in [-0.39, 0.29) is 4.75 Å². The number of thiol groups is 2. The standard InChI is InChI=1S/C25H43N3S2/c1-14(2)24-11-16(24)8-18(27(24)5)10-21(29)25-12-17(25)9-20(28(25)6)23(3,30)22-19-7-15(19)13-26(22)4/h14-22,29-30H,7-13H2,1-6H3/t15?,16-,17+,18?,19?,20?,21?,22-,23?,24?,25?/m0/s1. The first kappa shape index (κ1) is 21.1. The molecule has 6 fully saturated rings. The molecule has 3 aliphatic heterocycles. The molecule has 3 heterocycles. The van der Waals surface area contributed by atoms with Crippen molar-refractivity contribution in [2.24, 2.45) is 29.6 Å². The molecular weight excluding hydrogens is 406 g/mol. The minimum absolute atomic E-state index is 0.0703. The summed E-state index contributed by atoms with van der Waals surface area (Å²) in [4.78, 5) is 8.18. The first-order chi connectivity index (χ1) is 14.0. The van der Waals surface area contributed by atoms with E-state index in [1.54, 1.807) is 0 Å². The molecule has 0 aromatic carbocycles. The van der Waals surface area contributed by atoms with Crippen molar-refractivity contribution in [2.75, 3.05) is 27.7 Å². The summed E-state index contributed by atoms with van der Waals surface area (Å²) in [6.45, 7) is 8.61. The van der Waals surface area contributed by atoms with Gasteiger partial charge in [0.2, 0.25) is 0 Å². The molecule has 3 saturated heterocycles. The molecule has 0 aromatic rings. The second-order valence-electron chi connectivity index (χ2n) is 12.8. The molecule has 5 heteroatoms. The number of likely N-dealkylation sites (tertiary alicyclic amines) is 3. The van der Waals surface area contributed by atoms with E-state index in [9.17, 15) is 0 Å². The maximum atomic E-state index is 5.41. The molecule has 0 amide bonds. The van der Waals surface area contributed by atoms with E-state index in [4.69, 9.17) is 25.3 Å². The van der Waals surface area contributed by atoms with Crippen molar-refractivity contribution in [3.05, 3.63) is 0 Å². The van der Waals surface area contributed by atoms with Crippen LogP contribution in [0.15, 0.2) is 0 Å². The third-order valence-electron chi connectivity index (χ3n) is 11.4. The van der Waals surface area contributed by atoms with E-state index in [2.05, 4.69) is 56.6 Å². The van der Waals surface area contributed by atoms with Crippen molar-refractivity contribution < 1.29 is 0 Å². The molecule has 30 heavy (non-hydrogen) atoms. The van der Waals surface area contributed by atoms with Crippen LogP contribution in [0.2, 0.25) is 0 Å². The van der Waals surface area contributed by atoms with Gasteiger partial charge in [-0.3, -0.25) is 9.80 Å². The van der Waals surface area contributed by atoms with Crippen LogP contribution >= 0.6 is 25.3 Å². The maximum absolute atomic E-state index is 5.41. The summed E-state index contributed by atoms with van der Waals surface area (Å²) in [6.07, 6.45) is 8.22. The minimum Gasteiger partial charge on any atom is -0.301 e. The first-order valence-corrected chi connectivity index (χ1v) is 13.6. The fourth-order valence-corrected chi connectivity index (χ4v) is 10.9. The summed E-state index contributed by atoms with van der Waals surface area (Å²) < 4.78 is 0.0703. The topological polar surface area (TPSA) is 9.72 Å². The Morgan fingerprint density at radius 3 is 2.27 bits per heavy atom. The predicted octanol–water partition coefficient (Wildman–Crippen LogP) is 3.90. The van der Waals surface area contributed by atoms with E-state index >= 15 is 0 Å². The van der Waals surface area contributed by atoms with Crippen molar-refractivity contribution in [1.82, 2.24) is 14.7 Å². The van der Waals surface area contributed by atoms with E-state index in [1.807, 2.05) is 0 Å². The summed E-state index contributed by atoms with van der Waals surface area (Å²) in [7, 11) is 7.16. The smallest absolute Gasteiger partial charge is 0.0414 e. The highest BCUT2D eigenvalue weighted by Crippen LogP contribution is 2.67. The third kappa shape index (κ3) is 2.54. The molecule has 3 saturated carbocycles. The second kappa shape index (κ2) is 6.37. The van der Waals surface area contributed by atoms with Crippen LogP contribution in [0.25, 0.3) is 0 Å². The van der Waals surface area contributed by atoms with Gasteiger partial charge in [0.05, 0.1) is 0 Å². The molecule has 6 aliphatic rings. The van der Waals surface area contributed by atoms with E-state index in [1.165, 1.54) is 45.1 Å². The van der Waals surface area contributed by atoms with Crippen molar-refractivity contribution in [2.45, 2.75) is 98.5 Å². The number of hydrogen-bond acceptors (Lipinski definition) is 5. The summed E-state index contributed by atoms with van der Waals surface area (Å²) in [6, 6.07) is 1.95. The monoisotopic (exact) mass is 449 g/mol. The molecule has 3 nitrogen and oxygen atoms in total. The highest BCUT2D eigenvalue weighted by atomic mass is 32.1. The molecule has 11 atom stereocenters. The lowest BCUT2D eigenvalue weighted by Crippen LogP contribution is -2.59. The van der Waals surface area contributed by atoms with Gasteiger partial charge < -0.3 is 4.90 Å². The van der Waals surface area contributed by atoms with Gasteiger partial charge in [0, 0.05) is 45.7 Å². The molecule has 0 aromatic heterocycles. The van der Waals surface area contributed by atoms with Crippen LogP contribution in [-0.2, 0) is 0 Å². The molecule has 170 valence electrons. The second-order valence-corrected chi connectivity index (χ2v) is 14.4. The van der Waals surface area contributed by atoms with Crippen molar-refractivity contribution in [3.63, 3.8) is 0 Å². The zero-order chi connectivity index (χ0) is 21.4. The SMILES string of the molecule is CC(C)C12C[C@@H]1CC(CC(S)C13C[C@H]1CC(C(C)(S)[C@@H]1C4CC4CN1C)N3C)N2C. The summed E-state index contributed by atoms with van der Waals surface area (Å²) >= 11 is 10.8. The van der Waals surface area contributed by atoms with Gasteiger partial charge in [-0.25, -0.2) is 0 Å². The Bertz CT molecular complexity index is 740. The third-order valence-corrected chi connectivity index (χ3v) is 12.6. The normalized spacial score (nSPS) is 55.3. The van der Waals surface area contributed by atoms with Crippen molar-refractivity contribution >= 4 is 25.3 Å². The lowest BCUT2D eigenvalue weighted by atomic mass is 9.86. The zero-order valence-electron chi connectivity index (χ0n) is 19.9. The largest absolute Gasteiger partial charge is 0.301 e. The lowest BCUT2D eigenvalue weighted by molar-refractivity contribution is 0.101. The summed E-state index contributed by atoms with van der Waals surface area (Å²) in [5, 5.41) is 0.491. The first-order valence-electron chi connectivity index (χ1n) is 12.6. The van der Waals surface area contributed by atoms with Gasteiger partial charge in [-0.2, -0.15) is 25.3 Å². The molecule has 0 N–H and O–H groups in total. The highest BCUT2D eigenvalue weighted by Gasteiger charge is 2.71. The molecule has 0 radical (unpaired) electrons. The van der Waals surface area contributed by atoms with Gasteiger partial charge in [-0.05, 0) is 96.2 Å². The Balaban J connectivity index is 1.16. The van der Waals surface area contributed by atoms with E-state index in [0.29, 0.717) is 28.4 Å². The fourth-order valence-electron chi connectivity index (χ4n) is 9.51. The summed E-state index contributed by atoms with van der Waals surface area (Å²) in [5.41, 5.74) is 0.844. The number of hydrogen-bond donors (Lipinski definition) is 2. The van der Waals surface area contributed by atoms with Crippen LogP contribution < -0.4 is 0 Å². The zero-order valence-corrected chi connectivity index (χ0v) is 21.7. The number of fused-ring (bicyclic) bond motifs is 3. The van der Waals surface area contributed by atoms with E-state index in [0.717, 1.165) is 35.6 Å². The Hall–Kier alpha value is 0.580. The molecule has 0 bridgehead atoms. The predicted molar refractivity (Wildman–Crippen MR) is 132 cm³/mol. The molecule has 0 spiro atoms. The fraction of sp³-hybridized carbons (Fsp3) is 1.00. The Morgan fingerprint density at radius 2 is 1.67 bits per heavy atom. The quantitative estimate of drug-likeness (QED) is 0.596.